The Morgan fingerprint density at radius 3 is 1.72 bits per heavy atom. The number of aryl methyl sites for hydroxylation is 1. The number of carbonyl (C=O) groups excluding carboxylic acids is 2. The smallest absolute Gasteiger partial charge is 0.330 e. The van der Waals surface area contributed by atoms with Crippen LogP contribution < -0.4 is 21.2 Å². The first kappa shape index (κ1) is 43.2. The SMILES string of the molecule is COCCN(C)c1ncc2[nH]c(=O)n(CC3CCC(C(=O)OC)CC3)c2n1.COCCN(C)c1ncc2c(n1)n(CC1CCC(C(=O)OC)CC1)c(=O)n2C.[2H]CF. The van der Waals surface area contributed by atoms with Gasteiger partial charge in [-0.3, -0.25) is 27.7 Å². The van der Waals surface area contributed by atoms with Crippen LogP contribution in [0.2, 0.25) is 0 Å². The summed E-state index contributed by atoms with van der Waals surface area (Å²) in [5.41, 5.74) is 2.35. The number of nitrogens with one attached hydrogen (secondary N) is 1. The van der Waals surface area contributed by atoms with E-state index in [2.05, 4.69) is 24.9 Å². The quantitative estimate of drug-likeness (QED) is 0.183. The van der Waals surface area contributed by atoms with Crippen LogP contribution in [0.4, 0.5) is 16.3 Å². The highest BCUT2D eigenvalue weighted by Crippen LogP contribution is 2.32. The summed E-state index contributed by atoms with van der Waals surface area (Å²) < 4.78 is 40.4. The monoisotopic (exact) mass is 803 g/mol. The molecule has 4 heterocycles. The zero-order chi connectivity index (χ0) is 42.4. The molecule has 0 amide bonds. The number of methoxy groups -OCH3 is 4. The molecule has 18 nitrogen and oxygen atoms in total. The van der Waals surface area contributed by atoms with Crippen molar-refractivity contribution in [2.75, 3.05) is 85.8 Å². The van der Waals surface area contributed by atoms with Crippen molar-refractivity contribution in [2.24, 2.45) is 30.7 Å². The predicted molar refractivity (Wildman–Crippen MR) is 213 cm³/mol. The number of aromatic amines is 1. The van der Waals surface area contributed by atoms with Crippen LogP contribution in [0, 0.1) is 23.7 Å². The number of fused-ring (bicyclic) bond motifs is 2. The summed E-state index contributed by atoms with van der Waals surface area (Å²) >= 11 is 0. The number of likely N-dealkylation sites (N-methyl/N-ethyl adjacent to an activating group) is 2. The van der Waals surface area contributed by atoms with Gasteiger partial charge in [-0.15, -0.1) is 0 Å². The molecule has 1 N–H and O–H groups in total. The maximum Gasteiger partial charge on any atom is 0.330 e. The lowest BCUT2D eigenvalue weighted by molar-refractivity contribution is -0.147. The van der Waals surface area contributed by atoms with E-state index in [9.17, 15) is 23.6 Å². The van der Waals surface area contributed by atoms with Crippen molar-refractivity contribution >= 4 is 46.2 Å². The van der Waals surface area contributed by atoms with E-state index in [1.54, 1.807) is 47.4 Å². The lowest BCUT2D eigenvalue weighted by atomic mass is 9.82. The van der Waals surface area contributed by atoms with E-state index in [0.29, 0.717) is 79.9 Å². The Morgan fingerprint density at radius 2 is 1.25 bits per heavy atom. The molecule has 0 radical (unpaired) electrons. The molecule has 0 atom stereocenters. The molecule has 2 aliphatic rings. The maximum absolute atomic E-state index is 12.8. The second-order valence-electron chi connectivity index (χ2n) is 14.6. The number of anilines is 2. The van der Waals surface area contributed by atoms with Gasteiger partial charge in [0, 0.05) is 61.5 Å². The average molecular weight is 804 g/mol. The van der Waals surface area contributed by atoms with Crippen LogP contribution in [-0.2, 0) is 48.7 Å². The van der Waals surface area contributed by atoms with Crippen LogP contribution in [0.1, 0.15) is 52.7 Å². The first-order valence-electron chi connectivity index (χ1n) is 19.9. The number of nitrogens with zero attached hydrogens (tertiary/aromatic N) is 9. The lowest BCUT2D eigenvalue weighted by Crippen LogP contribution is -2.29. The van der Waals surface area contributed by atoms with Crippen LogP contribution in [0.5, 0.6) is 0 Å². The van der Waals surface area contributed by atoms with Gasteiger partial charge in [-0.05, 0) is 63.2 Å². The summed E-state index contributed by atoms with van der Waals surface area (Å²) in [4.78, 5) is 73.2. The highest BCUT2D eigenvalue weighted by atomic mass is 19.1. The standard InChI is InChI=1S/C19H29N5O4.C18H27N5O4.CH3F/c1-22(9-10-27-3)18-20-11-15-16(21-18)24(19(26)23(15)2)12-13-5-7-14(8-6-13)17(25)28-4;1-22(8-9-26-2)17-19-10-14-15(21-17)23(18(25)20-14)11-12-4-6-13(7-5-12)16(24)27-3;1-2/h11,13-14H,5-10,12H2,1-4H3;10,12-13H,4-9,11H2,1-3H3,(H,20,25);1H3/i;;1D. The fraction of sp³-hybridized carbons (Fsp3) is 0.684. The number of hydrogen-bond donors (Lipinski definition) is 1. The molecule has 0 aromatic carbocycles. The Labute approximate surface area is 333 Å². The third-order valence-electron chi connectivity index (χ3n) is 11.0. The van der Waals surface area contributed by atoms with E-state index in [0.717, 1.165) is 56.9 Å². The van der Waals surface area contributed by atoms with Crippen LogP contribution in [0.25, 0.3) is 22.3 Å². The fourth-order valence-corrected chi connectivity index (χ4v) is 7.47. The number of hydrogen-bond acceptors (Lipinski definition) is 14. The van der Waals surface area contributed by atoms with Gasteiger partial charge in [0.2, 0.25) is 11.9 Å². The van der Waals surface area contributed by atoms with Gasteiger partial charge < -0.3 is 33.7 Å². The number of carbonyl (C=O) groups is 2. The van der Waals surface area contributed by atoms with Crippen molar-refractivity contribution in [1.29, 1.82) is 0 Å². The number of ether oxygens (including phenoxy) is 4. The molecular formula is C38H59FN10O8. The molecule has 2 fully saturated rings. The highest BCUT2D eigenvalue weighted by Gasteiger charge is 2.29. The number of H-pyrrole nitrogens is 1. The van der Waals surface area contributed by atoms with Crippen molar-refractivity contribution in [2.45, 2.75) is 64.5 Å². The van der Waals surface area contributed by atoms with E-state index in [1.807, 2.05) is 23.9 Å². The molecule has 19 heteroatoms. The first-order valence-corrected chi connectivity index (χ1v) is 19.2. The molecule has 6 rings (SSSR count). The molecule has 0 aliphatic heterocycles. The van der Waals surface area contributed by atoms with Crippen molar-refractivity contribution < 1.29 is 34.3 Å². The van der Waals surface area contributed by atoms with Gasteiger partial charge >= 0.3 is 23.3 Å². The molecule has 4 aromatic heterocycles. The van der Waals surface area contributed by atoms with Crippen LogP contribution in [0.15, 0.2) is 22.0 Å². The van der Waals surface area contributed by atoms with E-state index >= 15 is 0 Å². The number of imidazole rings is 2. The van der Waals surface area contributed by atoms with Gasteiger partial charge in [0.25, 0.3) is 0 Å². The molecule has 4 aromatic rings. The third-order valence-corrected chi connectivity index (χ3v) is 11.0. The molecule has 316 valence electrons. The summed E-state index contributed by atoms with van der Waals surface area (Å²) in [5.74, 6) is 1.51. The zero-order valence-corrected chi connectivity index (χ0v) is 34.2. The van der Waals surface area contributed by atoms with E-state index in [4.69, 9.17) is 20.3 Å². The van der Waals surface area contributed by atoms with E-state index in [1.165, 1.54) is 14.2 Å². The Kier molecular flexibility index (Phi) is 16.4. The molecule has 0 saturated heterocycles. The van der Waals surface area contributed by atoms with Crippen LogP contribution in [-0.4, -0.2) is 127 Å². The van der Waals surface area contributed by atoms with Crippen molar-refractivity contribution in [3.05, 3.63) is 33.4 Å². The van der Waals surface area contributed by atoms with Gasteiger partial charge in [0.15, 0.2) is 11.3 Å². The van der Waals surface area contributed by atoms with Crippen molar-refractivity contribution in [3.8, 4) is 0 Å². The normalized spacial score (nSPS) is 19.5. The van der Waals surface area contributed by atoms with Crippen LogP contribution >= 0.6 is 0 Å². The Hall–Kier alpha value is -4.91. The van der Waals surface area contributed by atoms with Gasteiger partial charge in [0.05, 0.1) is 60.2 Å². The largest absolute Gasteiger partial charge is 0.469 e. The Morgan fingerprint density at radius 1 is 0.789 bits per heavy atom. The van der Waals surface area contributed by atoms with Crippen molar-refractivity contribution in [3.63, 3.8) is 0 Å². The molecule has 57 heavy (non-hydrogen) atoms. The first-order chi connectivity index (χ1) is 27.9. The summed E-state index contributed by atoms with van der Waals surface area (Å²) in [7, 11) is 10.7. The number of alkyl halides is 1. The number of aromatic nitrogens is 8. The Balaban J connectivity index is 0.000000241. The molecule has 2 aliphatic carbocycles. The average Bonchev–Trinajstić information content (AvgIpc) is 3.68. The summed E-state index contributed by atoms with van der Waals surface area (Å²) in [6, 6.07) is 0. The van der Waals surface area contributed by atoms with Gasteiger partial charge in [-0.2, -0.15) is 9.97 Å². The van der Waals surface area contributed by atoms with E-state index < -0.39 is 7.15 Å². The third kappa shape index (κ3) is 11.1. The topological polar surface area (TPSA) is 194 Å². The minimum absolute atomic E-state index is 0.0192. The lowest BCUT2D eigenvalue weighted by Gasteiger charge is -2.27. The summed E-state index contributed by atoms with van der Waals surface area (Å²) in [6.07, 6.45) is 10.1. The van der Waals surface area contributed by atoms with Gasteiger partial charge in [0.1, 0.15) is 11.0 Å². The van der Waals surface area contributed by atoms with Gasteiger partial charge in [-0.25, -0.2) is 19.6 Å². The number of esters is 2. The Bertz CT molecular complexity index is 2040. The van der Waals surface area contributed by atoms with Gasteiger partial charge in [-0.1, -0.05) is 0 Å². The summed E-state index contributed by atoms with van der Waals surface area (Å²) in [6.45, 7) is 3.66. The van der Waals surface area contributed by atoms with E-state index in [-0.39, 0.29) is 35.2 Å². The molecule has 0 unspecified atom stereocenters. The molecular weight excluding hydrogens is 743 g/mol. The zero-order valence-electron chi connectivity index (χ0n) is 35.2. The molecule has 0 spiro atoms. The second-order valence-corrected chi connectivity index (χ2v) is 14.6. The fourth-order valence-electron chi connectivity index (χ4n) is 7.47. The second kappa shape index (κ2) is 21.6. The number of rotatable bonds is 14. The minimum Gasteiger partial charge on any atom is -0.469 e. The predicted octanol–water partition coefficient (Wildman–Crippen LogP) is 2.96. The van der Waals surface area contributed by atoms with Crippen LogP contribution in [0.3, 0.4) is 0 Å². The molecule has 0 bridgehead atoms. The number of halogens is 1. The minimum atomic E-state index is -1.00. The molecule has 2 saturated carbocycles. The summed E-state index contributed by atoms with van der Waals surface area (Å²) in [5, 5.41) is 0. The maximum atomic E-state index is 12.8. The highest BCUT2D eigenvalue weighted by molar-refractivity contribution is 5.73. The van der Waals surface area contributed by atoms with Crippen molar-refractivity contribution in [1.82, 2.24) is 38.6 Å².